The van der Waals surface area contributed by atoms with E-state index < -0.39 is 0 Å². The molecule has 2 aromatic carbocycles. The van der Waals surface area contributed by atoms with Crippen molar-refractivity contribution in [2.45, 2.75) is 13.5 Å². The first kappa shape index (κ1) is 19.1. The molecular formula is C22H25N5O2. The molecule has 1 fully saturated rings. The summed E-state index contributed by atoms with van der Waals surface area (Å²) in [5.41, 5.74) is 8.05. The van der Waals surface area contributed by atoms with Crippen LogP contribution in [-0.2, 0) is 11.3 Å². The molecule has 150 valence electrons. The Balaban J connectivity index is 1.29. The van der Waals surface area contributed by atoms with Gasteiger partial charge in [0.05, 0.1) is 12.1 Å². The summed E-state index contributed by atoms with van der Waals surface area (Å²) in [7, 11) is 0. The topological polar surface area (TPSA) is 84.6 Å². The summed E-state index contributed by atoms with van der Waals surface area (Å²) in [6.07, 6.45) is 0. The fourth-order valence-corrected chi connectivity index (χ4v) is 3.52. The van der Waals surface area contributed by atoms with Gasteiger partial charge in [0.2, 0.25) is 0 Å². The number of aryl methyl sites for hydroxylation is 1. The highest BCUT2D eigenvalue weighted by atomic mass is 16.5. The maximum absolute atomic E-state index is 12.5. The highest BCUT2D eigenvalue weighted by Crippen LogP contribution is 2.18. The Morgan fingerprint density at radius 2 is 1.86 bits per heavy atom. The summed E-state index contributed by atoms with van der Waals surface area (Å²) in [5.74, 6) is 1.96. The Morgan fingerprint density at radius 1 is 1.07 bits per heavy atom. The van der Waals surface area contributed by atoms with E-state index in [1.54, 1.807) is 0 Å². The molecule has 1 aliphatic rings. The van der Waals surface area contributed by atoms with Crippen LogP contribution in [0.3, 0.4) is 0 Å². The van der Waals surface area contributed by atoms with Gasteiger partial charge in [0.15, 0.2) is 6.61 Å². The Hall–Kier alpha value is -3.19. The van der Waals surface area contributed by atoms with Crippen LogP contribution in [0.25, 0.3) is 10.9 Å². The molecule has 7 heteroatoms. The monoisotopic (exact) mass is 391 g/mol. The van der Waals surface area contributed by atoms with Crippen LogP contribution in [0.4, 0.5) is 5.82 Å². The molecule has 29 heavy (non-hydrogen) atoms. The number of benzene rings is 2. The molecule has 3 aromatic rings. The van der Waals surface area contributed by atoms with Gasteiger partial charge in [-0.2, -0.15) is 0 Å². The highest BCUT2D eigenvalue weighted by molar-refractivity contribution is 5.87. The number of piperazine rings is 1. The van der Waals surface area contributed by atoms with Crippen molar-refractivity contribution in [3.63, 3.8) is 0 Å². The van der Waals surface area contributed by atoms with E-state index >= 15 is 0 Å². The molecule has 2 heterocycles. The third-order valence-electron chi connectivity index (χ3n) is 5.12. The zero-order valence-corrected chi connectivity index (χ0v) is 16.5. The molecule has 0 spiro atoms. The average molecular weight is 391 g/mol. The predicted molar refractivity (Wildman–Crippen MR) is 112 cm³/mol. The molecule has 0 atom stereocenters. The van der Waals surface area contributed by atoms with Gasteiger partial charge in [-0.25, -0.2) is 9.97 Å². The molecular weight excluding hydrogens is 366 g/mol. The van der Waals surface area contributed by atoms with Crippen LogP contribution in [0, 0.1) is 6.92 Å². The minimum atomic E-state index is 0.0114. The van der Waals surface area contributed by atoms with Crippen molar-refractivity contribution in [1.29, 1.82) is 0 Å². The Morgan fingerprint density at radius 3 is 2.66 bits per heavy atom. The van der Waals surface area contributed by atoms with Gasteiger partial charge in [0.1, 0.15) is 17.4 Å². The van der Waals surface area contributed by atoms with Crippen molar-refractivity contribution in [3.8, 4) is 5.75 Å². The predicted octanol–water partition coefficient (Wildman–Crippen LogP) is 2.24. The smallest absolute Gasteiger partial charge is 0.260 e. The molecule has 1 aromatic heterocycles. The number of nitrogens with two attached hydrogens (primary N) is 1. The van der Waals surface area contributed by atoms with Gasteiger partial charge in [0, 0.05) is 31.6 Å². The van der Waals surface area contributed by atoms with Gasteiger partial charge in [-0.05, 0) is 36.8 Å². The summed E-state index contributed by atoms with van der Waals surface area (Å²) in [6.45, 7) is 5.56. The lowest BCUT2D eigenvalue weighted by atomic mass is 10.2. The fraction of sp³-hybridized carbons (Fsp3) is 0.318. The molecule has 0 saturated carbocycles. The van der Waals surface area contributed by atoms with Gasteiger partial charge in [0.25, 0.3) is 5.91 Å². The van der Waals surface area contributed by atoms with E-state index in [-0.39, 0.29) is 12.5 Å². The van der Waals surface area contributed by atoms with E-state index in [9.17, 15) is 4.79 Å². The fourth-order valence-electron chi connectivity index (χ4n) is 3.52. The van der Waals surface area contributed by atoms with Crippen LogP contribution < -0.4 is 10.5 Å². The average Bonchev–Trinajstić information content (AvgIpc) is 2.73. The molecule has 0 unspecified atom stereocenters. The molecule has 1 amide bonds. The standard InChI is InChI=1S/C22H25N5O2/c1-16-5-4-6-17(13-16)29-15-21(28)27-11-9-26(10-12-27)14-20-24-19-8-3-2-7-18(19)22(23)25-20/h2-8,13H,9-12,14-15H2,1H3,(H2,23,24,25). The lowest BCUT2D eigenvalue weighted by molar-refractivity contribution is -0.135. The zero-order valence-electron chi connectivity index (χ0n) is 16.5. The molecule has 1 aliphatic heterocycles. The number of para-hydroxylation sites is 1. The van der Waals surface area contributed by atoms with Gasteiger partial charge >= 0.3 is 0 Å². The van der Waals surface area contributed by atoms with Gasteiger partial charge in [-0.15, -0.1) is 0 Å². The van der Waals surface area contributed by atoms with Gasteiger partial charge in [-0.1, -0.05) is 24.3 Å². The van der Waals surface area contributed by atoms with Crippen molar-refractivity contribution in [3.05, 3.63) is 59.9 Å². The first-order valence-corrected chi connectivity index (χ1v) is 9.79. The van der Waals surface area contributed by atoms with Gasteiger partial charge in [-0.3, -0.25) is 9.69 Å². The molecule has 0 radical (unpaired) electrons. The molecule has 0 aliphatic carbocycles. The lowest BCUT2D eigenvalue weighted by Gasteiger charge is -2.34. The summed E-state index contributed by atoms with van der Waals surface area (Å²) >= 11 is 0. The maximum Gasteiger partial charge on any atom is 0.260 e. The number of hydrogen-bond acceptors (Lipinski definition) is 6. The van der Waals surface area contributed by atoms with Gasteiger partial charge < -0.3 is 15.4 Å². The quantitative estimate of drug-likeness (QED) is 0.718. The number of nitrogens with zero attached hydrogens (tertiary/aromatic N) is 4. The number of fused-ring (bicyclic) bond motifs is 1. The van der Waals surface area contributed by atoms with E-state index in [2.05, 4.69) is 14.9 Å². The van der Waals surface area contributed by atoms with E-state index in [1.807, 2.05) is 60.4 Å². The second-order valence-corrected chi connectivity index (χ2v) is 7.30. The Labute approximate surface area is 170 Å². The van der Waals surface area contributed by atoms with Crippen molar-refractivity contribution in [2.75, 3.05) is 38.5 Å². The number of aromatic nitrogens is 2. The van der Waals surface area contributed by atoms with Crippen molar-refractivity contribution in [1.82, 2.24) is 19.8 Å². The molecule has 1 saturated heterocycles. The van der Waals surface area contributed by atoms with E-state index in [1.165, 1.54) is 0 Å². The summed E-state index contributed by atoms with van der Waals surface area (Å²) in [5, 5.41) is 0.875. The third-order valence-corrected chi connectivity index (χ3v) is 5.12. The number of hydrogen-bond donors (Lipinski definition) is 1. The summed E-state index contributed by atoms with van der Waals surface area (Å²) < 4.78 is 5.64. The molecule has 7 nitrogen and oxygen atoms in total. The van der Waals surface area contributed by atoms with Crippen molar-refractivity contribution >= 4 is 22.6 Å². The number of nitrogen functional groups attached to an aromatic ring is 1. The Bertz CT molecular complexity index is 1020. The highest BCUT2D eigenvalue weighted by Gasteiger charge is 2.22. The number of ether oxygens (including phenoxy) is 1. The first-order chi connectivity index (χ1) is 14.1. The first-order valence-electron chi connectivity index (χ1n) is 9.79. The van der Waals surface area contributed by atoms with Crippen LogP contribution >= 0.6 is 0 Å². The van der Waals surface area contributed by atoms with Crippen LogP contribution in [0.2, 0.25) is 0 Å². The van der Waals surface area contributed by atoms with E-state index in [0.717, 1.165) is 35.3 Å². The summed E-state index contributed by atoms with van der Waals surface area (Å²) in [6, 6.07) is 15.5. The number of anilines is 1. The number of amides is 1. The largest absolute Gasteiger partial charge is 0.484 e. The van der Waals surface area contributed by atoms with Crippen molar-refractivity contribution in [2.24, 2.45) is 0 Å². The summed E-state index contributed by atoms with van der Waals surface area (Å²) in [4.78, 5) is 25.6. The van der Waals surface area contributed by atoms with Crippen molar-refractivity contribution < 1.29 is 9.53 Å². The Kier molecular flexibility index (Phi) is 5.57. The minimum Gasteiger partial charge on any atom is -0.484 e. The molecule has 4 rings (SSSR count). The van der Waals surface area contributed by atoms with E-state index in [4.69, 9.17) is 10.5 Å². The van der Waals surface area contributed by atoms with Crippen LogP contribution in [0.1, 0.15) is 11.4 Å². The van der Waals surface area contributed by atoms with E-state index in [0.29, 0.717) is 31.3 Å². The van der Waals surface area contributed by atoms with Crippen LogP contribution in [0.5, 0.6) is 5.75 Å². The minimum absolute atomic E-state index is 0.0114. The lowest BCUT2D eigenvalue weighted by Crippen LogP contribution is -2.49. The van der Waals surface area contributed by atoms with Crippen LogP contribution in [0.15, 0.2) is 48.5 Å². The second-order valence-electron chi connectivity index (χ2n) is 7.30. The second kappa shape index (κ2) is 8.45. The van der Waals surface area contributed by atoms with Crippen LogP contribution in [-0.4, -0.2) is 58.5 Å². The number of carbonyl (C=O) groups is 1. The number of carbonyl (C=O) groups excluding carboxylic acids is 1. The SMILES string of the molecule is Cc1cccc(OCC(=O)N2CCN(Cc3nc(N)c4ccccc4n3)CC2)c1. The maximum atomic E-state index is 12.5. The third kappa shape index (κ3) is 4.63. The zero-order chi connectivity index (χ0) is 20.2. The molecule has 2 N–H and O–H groups in total. The molecule has 0 bridgehead atoms. The number of rotatable bonds is 5. The normalized spacial score (nSPS) is 14.9.